The minimum atomic E-state index is -4.46. The summed E-state index contributed by atoms with van der Waals surface area (Å²) in [7, 11) is 0. The van der Waals surface area contributed by atoms with Crippen LogP contribution in [0.3, 0.4) is 0 Å². The number of unbranched alkanes of at least 4 members (excludes halogenated alkanes) is 2. The minimum Gasteiger partial charge on any atom is -0.352 e. The Kier molecular flexibility index (Phi) is 6.94. The highest BCUT2D eigenvalue weighted by atomic mass is 19.4. The second-order valence-corrected chi connectivity index (χ2v) is 6.58. The van der Waals surface area contributed by atoms with E-state index in [-0.39, 0.29) is 11.7 Å². The van der Waals surface area contributed by atoms with Crippen LogP contribution < -0.4 is 5.32 Å². The summed E-state index contributed by atoms with van der Waals surface area (Å²) >= 11 is 0. The second-order valence-electron chi connectivity index (χ2n) is 6.58. The van der Waals surface area contributed by atoms with Crippen LogP contribution in [0.15, 0.2) is 34.3 Å². The highest BCUT2D eigenvalue weighted by Gasteiger charge is 2.37. The van der Waals surface area contributed by atoms with E-state index in [0.29, 0.717) is 23.6 Å². The van der Waals surface area contributed by atoms with Crippen molar-refractivity contribution in [1.29, 1.82) is 0 Å². The maximum absolute atomic E-state index is 12.6. The molecule has 0 saturated heterocycles. The molecule has 0 fully saturated rings. The Labute approximate surface area is 151 Å². The van der Waals surface area contributed by atoms with Crippen LogP contribution in [0.5, 0.6) is 0 Å². The molecule has 1 aliphatic rings. The summed E-state index contributed by atoms with van der Waals surface area (Å²) in [5.74, 6) is 0.272. The highest BCUT2D eigenvalue weighted by Crippen LogP contribution is 2.22. The maximum Gasteiger partial charge on any atom is 0.431 e. The van der Waals surface area contributed by atoms with Crippen molar-refractivity contribution in [2.75, 3.05) is 13.1 Å². The van der Waals surface area contributed by atoms with Gasteiger partial charge in [-0.2, -0.15) is 13.2 Å². The third-order valence-electron chi connectivity index (χ3n) is 4.26. The molecule has 0 spiro atoms. The Hall–Kier alpha value is -2.18. The summed E-state index contributed by atoms with van der Waals surface area (Å²) in [6, 6.07) is 6.30. The van der Waals surface area contributed by atoms with Crippen LogP contribution in [-0.2, 0) is 0 Å². The predicted molar refractivity (Wildman–Crippen MR) is 97.0 cm³/mol. The first-order valence-electron chi connectivity index (χ1n) is 8.89. The van der Waals surface area contributed by atoms with Gasteiger partial charge in [0.15, 0.2) is 5.84 Å². The zero-order chi connectivity index (χ0) is 19.2. The highest BCUT2D eigenvalue weighted by molar-refractivity contribution is 6.13. The van der Waals surface area contributed by atoms with Gasteiger partial charge in [-0.1, -0.05) is 45.2 Å². The Morgan fingerprint density at radius 2 is 1.92 bits per heavy atom. The Balaban J connectivity index is 1.89. The third kappa shape index (κ3) is 5.68. The Bertz CT molecular complexity index is 678. The lowest BCUT2D eigenvalue weighted by atomic mass is 10.0. The van der Waals surface area contributed by atoms with E-state index >= 15 is 0 Å². The molecule has 4 nitrogen and oxygen atoms in total. The van der Waals surface area contributed by atoms with E-state index in [9.17, 15) is 18.0 Å². The number of alkyl halides is 3. The van der Waals surface area contributed by atoms with Gasteiger partial charge in [0.05, 0.1) is 6.54 Å². The fraction of sp³-hybridized carbons (Fsp3) is 0.526. The lowest BCUT2D eigenvalue weighted by Gasteiger charge is -2.12. The van der Waals surface area contributed by atoms with Gasteiger partial charge in [-0.25, -0.2) is 4.99 Å². The van der Waals surface area contributed by atoms with Crippen molar-refractivity contribution in [3.05, 3.63) is 35.4 Å². The van der Waals surface area contributed by atoms with Crippen LogP contribution in [-0.4, -0.2) is 36.7 Å². The van der Waals surface area contributed by atoms with Crippen molar-refractivity contribution in [3.63, 3.8) is 0 Å². The molecular formula is C19H24F3N3O. The number of amidine groups is 1. The average Bonchev–Trinajstić information content (AvgIpc) is 3.10. The monoisotopic (exact) mass is 367 g/mol. The molecule has 1 heterocycles. The van der Waals surface area contributed by atoms with Crippen LogP contribution in [0.1, 0.15) is 55.5 Å². The molecule has 1 atom stereocenters. The first kappa shape index (κ1) is 20.1. The van der Waals surface area contributed by atoms with Gasteiger partial charge in [0.1, 0.15) is 5.71 Å². The van der Waals surface area contributed by atoms with Gasteiger partial charge < -0.3 is 5.32 Å². The maximum atomic E-state index is 12.6. The van der Waals surface area contributed by atoms with Gasteiger partial charge in [0, 0.05) is 17.7 Å². The SMILES string of the molecule is CCCCCC(C)CNC(=O)c1ccc(C2=NCC(C(F)(F)F)=N2)cc1. The smallest absolute Gasteiger partial charge is 0.352 e. The average molecular weight is 367 g/mol. The first-order valence-corrected chi connectivity index (χ1v) is 8.89. The van der Waals surface area contributed by atoms with E-state index in [0.717, 1.165) is 12.8 Å². The normalized spacial score (nSPS) is 15.4. The van der Waals surface area contributed by atoms with Gasteiger partial charge in [0.25, 0.3) is 5.91 Å². The molecule has 1 amide bonds. The summed E-state index contributed by atoms with van der Waals surface area (Å²) in [5.41, 5.74) is 0.0354. The predicted octanol–water partition coefficient (Wildman–Crippen LogP) is 4.40. The van der Waals surface area contributed by atoms with Crippen molar-refractivity contribution in [3.8, 4) is 0 Å². The van der Waals surface area contributed by atoms with E-state index in [1.807, 2.05) is 0 Å². The Morgan fingerprint density at radius 3 is 2.50 bits per heavy atom. The van der Waals surface area contributed by atoms with Crippen molar-refractivity contribution in [2.45, 2.75) is 45.7 Å². The van der Waals surface area contributed by atoms with Crippen molar-refractivity contribution < 1.29 is 18.0 Å². The van der Waals surface area contributed by atoms with Crippen molar-refractivity contribution >= 4 is 17.5 Å². The number of aliphatic imine (C=N–C) groups is 2. The summed E-state index contributed by atoms with van der Waals surface area (Å²) in [6.45, 7) is 4.41. The van der Waals surface area contributed by atoms with Gasteiger partial charge >= 0.3 is 6.18 Å². The largest absolute Gasteiger partial charge is 0.431 e. The van der Waals surface area contributed by atoms with E-state index in [1.165, 1.54) is 12.8 Å². The standard InChI is InChI=1S/C19H24F3N3O/c1-3-4-5-6-13(2)11-24-18(26)15-9-7-14(8-10-15)17-23-12-16(25-17)19(20,21)22/h7-10,13H,3-6,11-12H2,1-2H3,(H,24,26). The van der Waals surface area contributed by atoms with E-state index in [1.54, 1.807) is 24.3 Å². The van der Waals surface area contributed by atoms with Gasteiger partial charge in [-0.05, 0) is 24.5 Å². The van der Waals surface area contributed by atoms with Gasteiger partial charge in [0.2, 0.25) is 0 Å². The van der Waals surface area contributed by atoms with Gasteiger partial charge in [-0.3, -0.25) is 9.79 Å². The number of nitrogens with zero attached hydrogens (tertiary/aromatic N) is 2. The van der Waals surface area contributed by atoms with Crippen molar-refractivity contribution in [1.82, 2.24) is 5.32 Å². The van der Waals surface area contributed by atoms with Crippen LogP contribution in [0, 0.1) is 5.92 Å². The number of nitrogens with one attached hydrogen (secondary N) is 1. The molecule has 1 aliphatic heterocycles. The Morgan fingerprint density at radius 1 is 1.23 bits per heavy atom. The molecule has 2 rings (SSSR count). The van der Waals surface area contributed by atoms with Crippen LogP contribution in [0.25, 0.3) is 0 Å². The van der Waals surface area contributed by atoms with E-state index < -0.39 is 18.4 Å². The molecule has 0 aromatic heterocycles. The molecule has 1 unspecified atom stereocenters. The molecule has 0 aliphatic carbocycles. The van der Waals surface area contributed by atoms with Crippen molar-refractivity contribution in [2.24, 2.45) is 15.9 Å². The minimum absolute atomic E-state index is 0.0498. The van der Waals surface area contributed by atoms with Gasteiger partial charge in [-0.15, -0.1) is 0 Å². The fourth-order valence-electron chi connectivity index (χ4n) is 2.64. The lowest BCUT2D eigenvalue weighted by molar-refractivity contribution is -0.0592. The number of benzene rings is 1. The molecule has 1 aromatic rings. The number of carbonyl (C=O) groups excluding carboxylic acids is 1. The number of rotatable bonds is 8. The first-order chi connectivity index (χ1) is 12.3. The fourth-order valence-corrected chi connectivity index (χ4v) is 2.64. The second kappa shape index (κ2) is 8.96. The molecule has 26 heavy (non-hydrogen) atoms. The van der Waals surface area contributed by atoms with E-state index in [4.69, 9.17) is 0 Å². The van der Waals surface area contributed by atoms with Crippen LogP contribution in [0.4, 0.5) is 13.2 Å². The molecule has 142 valence electrons. The summed E-state index contributed by atoms with van der Waals surface area (Å²) in [5, 5.41) is 2.90. The topological polar surface area (TPSA) is 53.8 Å². The molecule has 7 heteroatoms. The molecule has 0 bridgehead atoms. The molecule has 1 aromatic carbocycles. The number of hydrogen-bond donors (Lipinski definition) is 1. The quantitative estimate of drug-likeness (QED) is 0.681. The van der Waals surface area contributed by atoms with E-state index in [2.05, 4.69) is 29.1 Å². The van der Waals surface area contributed by atoms with Crippen LogP contribution in [0.2, 0.25) is 0 Å². The zero-order valence-electron chi connectivity index (χ0n) is 15.1. The zero-order valence-corrected chi connectivity index (χ0v) is 15.1. The molecule has 0 radical (unpaired) electrons. The lowest BCUT2D eigenvalue weighted by Crippen LogP contribution is -2.28. The number of hydrogen-bond acceptors (Lipinski definition) is 3. The molecule has 0 saturated carbocycles. The third-order valence-corrected chi connectivity index (χ3v) is 4.26. The summed E-state index contributed by atoms with van der Waals surface area (Å²) < 4.78 is 37.8. The molecule has 1 N–H and O–H groups in total. The summed E-state index contributed by atoms with van der Waals surface area (Å²) in [6.07, 6.45) is 0.142. The summed E-state index contributed by atoms with van der Waals surface area (Å²) in [4.78, 5) is 19.5. The number of halogens is 3. The number of amides is 1. The van der Waals surface area contributed by atoms with Crippen LogP contribution >= 0.6 is 0 Å². The molecular weight excluding hydrogens is 343 g/mol. The number of carbonyl (C=O) groups is 1.